The number of allylic oxidation sites excluding steroid dienone is 3. The Hall–Kier alpha value is -1.56. The van der Waals surface area contributed by atoms with Gasteiger partial charge in [0.2, 0.25) is 0 Å². The summed E-state index contributed by atoms with van der Waals surface area (Å²) in [4.78, 5) is 19.2. The molecule has 0 N–H and O–H groups in total. The number of carbonyl (C=O) groups excluding carboxylic acids is 1. The van der Waals surface area contributed by atoms with Crippen LogP contribution in [0.1, 0.15) is 0 Å². The Balaban J connectivity index is 2.31. The van der Waals surface area contributed by atoms with Gasteiger partial charge in [0, 0.05) is 5.75 Å². The number of amides is 1. The predicted octanol–water partition coefficient (Wildman–Crippen LogP) is 2.37. The van der Waals surface area contributed by atoms with Gasteiger partial charge in [-0.1, -0.05) is 17.8 Å². The van der Waals surface area contributed by atoms with Crippen molar-refractivity contribution in [1.82, 2.24) is 0 Å². The Kier molecular flexibility index (Phi) is 3.33. The number of hydrogen-bond donors (Lipinski definition) is 0. The van der Waals surface area contributed by atoms with Crippen molar-refractivity contribution in [3.05, 3.63) is 36.2 Å². The Morgan fingerprint density at radius 3 is 3.00 bits per heavy atom. The van der Waals surface area contributed by atoms with Crippen LogP contribution in [-0.4, -0.2) is 28.7 Å². The maximum Gasteiger partial charge on any atom is 0.281 e. The minimum atomic E-state index is -1.88. The second-order valence-corrected chi connectivity index (χ2v) is 4.29. The van der Waals surface area contributed by atoms with Gasteiger partial charge in [-0.25, -0.2) is 13.8 Å². The lowest BCUT2D eigenvalue weighted by atomic mass is 10.0. The molecule has 6 heteroatoms. The van der Waals surface area contributed by atoms with Crippen molar-refractivity contribution >= 4 is 28.5 Å². The standard InChI is InChI=1S/C11H8F2N2OS/c1-2-3-17-11-14-9-5-8(13)7(12)4-6(9)10(16)15-11/h2,4-5,7H,1,3H2. The van der Waals surface area contributed by atoms with Crippen LogP contribution in [0.4, 0.5) is 8.78 Å². The molecule has 0 radical (unpaired) electrons. The van der Waals surface area contributed by atoms with Crippen LogP contribution in [0.15, 0.2) is 46.2 Å². The van der Waals surface area contributed by atoms with E-state index in [4.69, 9.17) is 0 Å². The molecule has 0 aromatic heterocycles. The van der Waals surface area contributed by atoms with Gasteiger partial charge in [-0.15, -0.1) is 6.58 Å². The van der Waals surface area contributed by atoms with E-state index in [0.29, 0.717) is 5.75 Å². The molecule has 0 bridgehead atoms. The lowest BCUT2D eigenvalue weighted by Crippen LogP contribution is -2.22. The number of hydrogen-bond acceptors (Lipinski definition) is 3. The van der Waals surface area contributed by atoms with Gasteiger partial charge in [-0.05, 0) is 12.2 Å². The molecule has 0 aromatic rings. The molecule has 0 spiro atoms. The largest absolute Gasteiger partial charge is 0.281 e. The first kappa shape index (κ1) is 11.9. The smallest absolute Gasteiger partial charge is 0.267 e. The summed E-state index contributed by atoms with van der Waals surface area (Å²) in [5.74, 6) is -0.997. The molecule has 2 rings (SSSR count). The molecule has 0 saturated heterocycles. The second-order valence-electron chi connectivity index (χ2n) is 3.31. The highest BCUT2D eigenvalue weighted by Crippen LogP contribution is 2.24. The quantitative estimate of drug-likeness (QED) is 0.710. The van der Waals surface area contributed by atoms with Crippen molar-refractivity contribution in [2.75, 3.05) is 5.75 Å². The lowest BCUT2D eigenvalue weighted by Gasteiger charge is -2.16. The molecular weight excluding hydrogens is 246 g/mol. The first-order chi connectivity index (χ1) is 8.11. The summed E-state index contributed by atoms with van der Waals surface area (Å²) in [6.45, 7) is 3.53. The van der Waals surface area contributed by atoms with E-state index in [1.165, 1.54) is 11.8 Å². The summed E-state index contributed by atoms with van der Waals surface area (Å²) in [7, 11) is 0. The number of nitrogens with zero attached hydrogens (tertiary/aromatic N) is 2. The first-order valence-corrected chi connectivity index (χ1v) is 5.79. The minimum Gasteiger partial charge on any atom is -0.267 e. The number of thioether (sulfide) groups is 1. The molecule has 0 saturated carbocycles. The molecular formula is C11H8F2N2OS. The van der Waals surface area contributed by atoms with E-state index >= 15 is 0 Å². The Labute approximate surface area is 101 Å². The highest BCUT2D eigenvalue weighted by atomic mass is 32.2. The summed E-state index contributed by atoms with van der Waals surface area (Å²) in [6, 6.07) is 0. The van der Waals surface area contributed by atoms with E-state index in [1.807, 2.05) is 0 Å². The molecule has 1 amide bonds. The normalized spacial score (nSPS) is 23.2. The van der Waals surface area contributed by atoms with Crippen LogP contribution in [-0.2, 0) is 4.79 Å². The van der Waals surface area contributed by atoms with Gasteiger partial charge >= 0.3 is 0 Å². The fourth-order valence-electron chi connectivity index (χ4n) is 1.35. The molecule has 0 aromatic carbocycles. The summed E-state index contributed by atoms with van der Waals surface area (Å²) in [6.07, 6.45) is 1.58. The van der Waals surface area contributed by atoms with E-state index in [9.17, 15) is 13.6 Å². The van der Waals surface area contributed by atoms with Crippen LogP contribution in [0.5, 0.6) is 0 Å². The highest BCUT2D eigenvalue weighted by molar-refractivity contribution is 8.14. The fourth-order valence-corrected chi connectivity index (χ4v) is 1.92. The number of carbonyl (C=O) groups is 1. The van der Waals surface area contributed by atoms with Crippen LogP contribution >= 0.6 is 11.8 Å². The summed E-state index contributed by atoms with van der Waals surface area (Å²) in [5, 5.41) is 0.239. The van der Waals surface area contributed by atoms with E-state index in [-0.39, 0.29) is 16.5 Å². The van der Waals surface area contributed by atoms with Crippen molar-refractivity contribution in [1.29, 1.82) is 0 Å². The summed E-state index contributed by atoms with van der Waals surface area (Å²) in [5.41, 5.74) is 0.143. The van der Waals surface area contributed by atoms with Crippen LogP contribution in [0.3, 0.4) is 0 Å². The average Bonchev–Trinajstić information content (AvgIpc) is 2.29. The van der Waals surface area contributed by atoms with Crippen molar-refractivity contribution < 1.29 is 13.6 Å². The molecule has 1 aliphatic heterocycles. The molecule has 88 valence electrons. The topological polar surface area (TPSA) is 41.8 Å². The van der Waals surface area contributed by atoms with E-state index in [2.05, 4.69) is 16.6 Å². The molecule has 1 heterocycles. The zero-order valence-electron chi connectivity index (χ0n) is 8.69. The molecule has 0 fully saturated rings. The van der Waals surface area contributed by atoms with Crippen LogP contribution in [0.2, 0.25) is 0 Å². The Morgan fingerprint density at radius 2 is 2.29 bits per heavy atom. The number of fused-ring (bicyclic) bond motifs is 1. The molecule has 2 aliphatic rings. The van der Waals surface area contributed by atoms with Crippen molar-refractivity contribution in [2.24, 2.45) is 9.98 Å². The second kappa shape index (κ2) is 4.75. The third-order valence-corrected chi connectivity index (χ3v) is 2.94. The minimum absolute atomic E-state index is 0.0156. The van der Waals surface area contributed by atoms with Gasteiger partial charge in [-0.3, -0.25) is 4.79 Å². The average molecular weight is 254 g/mol. The third kappa shape index (κ3) is 2.41. The van der Waals surface area contributed by atoms with E-state index in [0.717, 1.165) is 12.2 Å². The van der Waals surface area contributed by atoms with E-state index < -0.39 is 17.9 Å². The third-order valence-electron chi connectivity index (χ3n) is 2.10. The van der Waals surface area contributed by atoms with Crippen LogP contribution in [0, 0.1) is 0 Å². The SMILES string of the molecule is C=CCSC1=NC(=O)C2=CC(F)C(F)=CC2=N1. The van der Waals surface area contributed by atoms with Gasteiger partial charge in [0.1, 0.15) is 5.83 Å². The number of aliphatic imine (C=N–C) groups is 2. The maximum absolute atomic E-state index is 13.0. The van der Waals surface area contributed by atoms with Crippen molar-refractivity contribution in [3.63, 3.8) is 0 Å². The Morgan fingerprint density at radius 1 is 1.53 bits per heavy atom. The lowest BCUT2D eigenvalue weighted by molar-refractivity contribution is -0.113. The summed E-state index contributed by atoms with van der Waals surface area (Å²) < 4.78 is 26.1. The zero-order chi connectivity index (χ0) is 12.4. The zero-order valence-corrected chi connectivity index (χ0v) is 9.51. The molecule has 1 atom stereocenters. The molecule has 1 aliphatic carbocycles. The van der Waals surface area contributed by atoms with Gasteiger partial charge in [0.15, 0.2) is 11.3 Å². The van der Waals surface area contributed by atoms with Gasteiger partial charge < -0.3 is 0 Å². The highest BCUT2D eigenvalue weighted by Gasteiger charge is 2.28. The van der Waals surface area contributed by atoms with Crippen LogP contribution in [0.25, 0.3) is 0 Å². The first-order valence-electron chi connectivity index (χ1n) is 4.80. The van der Waals surface area contributed by atoms with Crippen molar-refractivity contribution in [3.8, 4) is 0 Å². The maximum atomic E-state index is 13.0. The van der Waals surface area contributed by atoms with Gasteiger partial charge in [-0.2, -0.15) is 4.99 Å². The predicted molar refractivity (Wildman–Crippen MR) is 64.7 cm³/mol. The van der Waals surface area contributed by atoms with Gasteiger partial charge in [0.25, 0.3) is 5.91 Å². The number of halogens is 2. The van der Waals surface area contributed by atoms with Gasteiger partial charge in [0.05, 0.1) is 11.3 Å². The number of alkyl halides is 1. The van der Waals surface area contributed by atoms with Crippen molar-refractivity contribution in [2.45, 2.75) is 6.17 Å². The van der Waals surface area contributed by atoms with Crippen LogP contribution < -0.4 is 0 Å². The molecule has 1 unspecified atom stereocenters. The monoisotopic (exact) mass is 254 g/mol. The Bertz CT molecular complexity index is 506. The molecule has 3 nitrogen and oxygen atoms in total. The summed E-state index contributed by atoms with van der Waals surface area (Å²) >= 11 is 1.21. The number of amidine groups is 1. The molecule has 17 heavy (non-hydrogen) atoms. The fraction of sp³-hybridized carbons (Fsp3) is 0.182. The number of rotatable bonds is 2. The van der Waals surface area contributed by atoms with E-state index in [1.54, 1.807) is 6.08 Å².